The molecule has 102 valence electrons. The van der Waals surface area contributed by atoms with Crippen LogP contribution in [0.4, 0.5) is 5.95 Å². The molecule has 4 rings (SSSR count). The number of pyridine rings is 1. The van der Waals surface area contributed by atoms with Crippen molar-refractivity contribution < 1.29 is 0 Å². The van der Waals surface area contributed by atoms with Crippen LogP contribution in [0, 0.1) is 0 Å². The van der Waals surface area contributed by atoms with Crippen molar-refractivity contribution in [3.05, 3.63) is 30.7 Å². The van der Waals surface area contributed by atoms with Gasteiger partial charge in [0.25, 0.3) is 0 Å². The monoisotopic (exact) mass is 269 g/mol. The third-order valence-electron chi connectivity index (χ3n) is 3.56. The van der Waals surface area contributed by atoms with Crippen LogP contribution >= 0.6 is 0 Å². The summed E-state index contributed by atoms with van der Waals surface area (Å²) in [7, 11) is 0. The predicted octanol–water partition coefficient (Wildman–Crippen LogP) is 0.893. The second kappa shape index (κ2) is 4.61. The third kappa shape index (κ3) is 2.01. The smallest absolute Gasteiger partial charge is 0.243 e. The quantitative estimate of drug-likeness (QED) is 0.658. The van der Waals surface area contributed by atoms with Crippen molar-refractivity contribution in [1.82, 2.24) is 30.1 Å². The Morgan fingerprint density at radius 1 is 1.35 bits per heavy atom. The summed E-state index contributed by atoms with van der Waals surface area (Å²) in [5.41, 5.74) is 2.95. The minimum atomic E-state index is 0.417. The van der Waals surface area contributed by atoms with E-state index in [0.717, 1.165) is 36.3 Å². The number of rotatable bonds is 3. The third-order valence-corrected chi connectivity index (χ3v) is 3.56. The number of aromatic nitrogens is 5. The van der Waals surface area contributed by atoms with Gasteiger partial charge in [0.2, 0.25) is 5.95 Å². The highest BCUT2D eigenvalue weighted by Gasteiger charge is 2.16. The van der Waals surface area contributed by atoms with Crippen LogP contribution in [-0.4, -0.2) is 43.9 Å². The van der Waals surface area contributed by atoms with Crippen molar-refractivity contribution in [2.45, 2.75) is 12.5 Å². The number of fused-ring (bicyclic) bond motifs is 1. The van der Waals surface area contributed by atoms with E-state index in [1.165, 1.54) is 0 Å². The first-order chi connectivity index (χ1) is 9.88. The van der Waals surface area contributed by atoms with Crippen LogP contribution in [-0.2, 0) is 0 Å². The van der Waals surface area contributed by atoms with Crippen molar-refractivity contribution >= 4 is 11.6 Å². The zero-order valence-corrected chi connectivity index (χ0v) is 10.9. The van der Waals surface area contributed by atoms with Crippen molar-refractivity contribution in [2.24, 2.45) is 0 Å². The van der Waals surface area contributed by atoms with Gasteiger partial charge in [-0.25, -0.2) is 4.52 Å². The summed E-state index contributed by atoms with van der Waals surface area (Å²) in [6, 6.07) is 4.43. The summed E-state index contributed by atoms with van der Waals surface area (Å²) in [5, 5.41) is 17.9. The largest absolute Gasteiger partial charge is 0.349 e. The summed E-state index contributed by atoms with van der Waals surface area (Å²) in [4.78, 5) is 4.53. The first-order valence-electron chi connectivity index (χ1n) is 6.71. The molecule has 0 bridgehead atoms. The molecule has 1 saturated heterocycles. The zero-order chi connectivity index (χ0) is 13.4. The van der Waals surface area contributed by atoms with Crippen LogP contribution in [0.5, 0.6) is 0 Å². The Labute approximate surface area is 115 Å². The molecule has 1 unspecified atom stereocenters. The maximum Gasteiger partial charge on any atom is 0.243 e. The first kappa shape index (κ1) is 11.4. The molecule has 1 aliphatic heterocycles. The van der Waals surface area contributed by atoms with E-state index in [1.54, 1.807) is 10.7 Å². The van der Waals surface area contributed by atoms with Crippen LogP contribution in [0.2, 0.25) is 0 Å². The topological polar surface area (TPSA) is 82.9 Å². The second-order valence-corrected chi connectivity index (χ2v) is 4.97. The van der Waals surface area contributed by atoms with Crippen LogP contribution in [0.3, 0.4) is 0 Å². The molecule has 0 aromatic carbocycles. The standard InChI is InChI=1S/C13H15N7/c1-3-14-8-11(1)17-13-18-12-5-9(2-4-20(12)19-13)10-6-15-16-7-10/h2,4-7,11,14H,1,3,8H2,(H,15,16)(H,17,19). The van der Waals surface area contributed by atoms with E-state index in [9.17, 15) is 0 Å². The molecule has 3 aromatic rings. The van der Waals surface area contributed by atoms with E-state index in [2.05, 4.69) is 30.9 Å². The molecule has 20 heavy (non-hydrogen) atoms. The molecular weight excluding hydrogens is 254 g/mol. The molecule has 3 N–H and O–H groups in total. The number of aromatic amines is 1. The first-order valence-corrected chi connectivity index (χ1v) is 6.71. The normalized spacial score (nSPS) is 18.7. The zero-order valence-electron chi connectivity index (χ0n) is 10.9. The summed E-state index contributed by atoms with van der Waals surface area (Å²) in [6.45, 7) is 2.02. The Hall–Kier alpha value is -2.41. The van der Waals surface area contributed by atoms with Gasteiger partial charge in [0.05, 0.1) is 6.20 Å². The lowest BCUT2D eigenvalue weighted by atomic mass is 10.1. The van der Waals surface area contributed by atoms with Crippen molar-refractivity contribution in [3.63, 3.8) is 0 Å². The summed E-state index contributed by atoms with van der Waals surface area (Å²) in [6.07, 6.45) is 6.69. The molecule has 0 radical (unpaired) electrons. The highest BCUT2D eigenvalue weighted by atomic mass is 15.3. The number of nitrogens with one attached hydrogen (secondary N) is 3. The van der Waals surface area contributed by atoms with Crippen LogP contribution in [0.1, 0.15) is 6.42 Å². The molecule has 1 aliphatic rings. The number of H-pyrrole nitrogens is 1. The number of anilines is 1. The van der Waals surface area contributed by atoms with Gasteiger partial charge in [0.15, 0.2) is 5.65 Å². The van der Waals surface area contributed by atoms with E-state index in [4.69, 9.17) is 0 Å². The minimum Gasteiger partial charge on any atom is -0.349 e. The maximum atomic E-state index is 4.53. The van der Waals surface area contributed by atoms with Gasteiger partial charge in [-0.15, -0.1) is 5.10 Å². The SMILES string of the molecule is c1cn2nc(NC3CCNC3)nc2cc1-c1cn[nH]c1. The van der Waals surface area contributed by atoms with E-state index in [0.29, 0.717) is 12.0 Å². The molecule has 1 atom stereocenters. The fraction of sp³-hybridized carbons (Fsp3) is 0.308. The van der Waals surface area contributed by atoms with Gasteiger partial charge in [-0.2, -0.15) is 10.1 Å². The molecule has 0 aliphatic carbocycles. The highest BCUT2D eigenvalue weighted by molar-refractivity contribution is 5.66. The average molecular weight is 269 g/mol. The lowest BCUT2D eigenvalue weighted by molar-refractivity contribution is 0.779. The molecular formula is C13H15N7. The Morgan fingerprint density at radius 3 is 3.15 bits per heavy atom. The maximum absolute atomic E-state index is 4.53. The van der Waals surface area contributed by atoms with Gasteiger partial charge in [0.1, 0.15) is 0 Å². The van der Waals surface area contributed by atoms with E-state index in [1.807, 2.05) is 24.5 Å². The fourth-order valence-corrected chi connectivity index (χ4v) is 2.49. The van der Waals surface area contributed by atoms with Crippen LogP contribution in [0.25, 0.3) is 16.8 Å². The van der Waals surface area contributed by atoms with Crippen molar-refractivity contribution in [1.29, 1.82) is 0 Å². The molecule has 7 nitrogen and oxygen atoms in total. The molecule has 0 spiro atoms. The van der Waals surface area contributed by atoms with Gasteiger partial charge in [-0.05, 0) is 30.7 Å². The summed E-state index contributed by atoms with van der Waals surface area (Å²) < 4.78 is 1.79. The Kier molecular flexibility index (Phi) is 2.63. The van der Waals surface area contributed by atoms with Gasteiger partial charge < -0.3 is 10.6 Å². The Bertz CT molecular complexity index is 709. The lowest BCUT2D eigenvalue weighted by Gasteiger charge is -2.07. The molecule has 3 aromatic heterocycles. The van der Waals surface area contributed by atoms with Crippen molar-refractivity contribution in [3.8, 4) is 11.1 Å². The van der Waals surface area contributed by atoms with Crippen LogP contribution < -0.4 is 10.6 Å². The molecule has 7 heteroatoms. The van der Waals surface area contributed by atoms with Gasteiger partial charge in [-0.3, -0.25) is 5.10 Å². The molecule has 1 fully saturated rings. The Morgan fingerprint density at radius 2 is 2.35 bits per heavy atom. The number of hydrogen-bond donors (Lipinski definition) is 3. The van der Waals surface area contributed by atoms with Gasteiger partial charge in [-0.1, -0.05) is 0 Å². The fourth-order valence-electron chi connectivity index (χ4n) is 2.49. The number of nitrogens with zero attached hydrogens (tertiary/aromatic N) is 4. The van der Waals surface area contributed by atoms with E-state index >= 15 is 0 Å². The lowest BCUT2D eigenvalue weighted by Crippen LogP contribution is -2.22. The van der Waals surface area contributed by atoms with E-state index < -0.39 is 0 Å². The summed E-state index contributed by atoms with van der Waals surface area (Å²) in [5.74, 6) is 0.683. The molecule has 4 heterocycles. The highest BCUT2D eigenvalue weighted by Crippen LogP contribution is 2.19. The second-order valence-electron chi connectivity index (χ2n) is 4.97. The molecule has 0 saturated carbocycles. The van der Waals surface area contributed by atoms with Crippen molar-refractivity contribution in [2.75, 3.05) is 18.4 Å². The average Bonchev–Trinajstić information content (AvgIpc) is 3.19. The van der Waals surface area contributed by atoms with Crippen LogP contribution in [0.15, 0.2) is 30.7 Å². The van der Waals surface area contributed by atoms with Gasteiger partial charge in [0, 0.05) is 30.5 Å². The summed E-state index contributed by atoms with van der Waals surface area (Å²) >= 11 is 0. The van der Waals surface area contributed by atoms with Gasteiger partial charge >= 0.3 is 0 Å². The van der Waals surface area contributed by atoms with E-state index in [-0.39, 0.29) is 0 Å². The Balaban J connectivity index is 1.65. The minimum absolute atomic E-state index is 0.417. The predicted molar refractivity (Wildman–Crippen MR) is 75.5 cm³/mol. The molecule has 0 amide bonds. The number of hydrogen-bond acceptors (Lipinski definition) is 5.